The summed E-state index contributed by atoms with van der Waals surface area (Å²) in [5, 5.41) is 0. The van der Waals surface area contributed by atoms with Gasteiger partial charge in [0.05, 0.1) is 22.6 Å². The van der Waals surface area contributed by atoms with E-state index in [2.05, 4.69) is 4.98 Å². The van der Waals surface area contributed by atoms with Crippen LogP contribution in [0.25, 0.3) is 11.0 Å². The fourth-order valence-corrected chi connectivity index (χ4v) is 3.97. The van der Waals surface area contributed by atoms with Crippen LogP contribution in [0.5, 0.6) is 0 Å². The van der Waals surface area contributed by atoms with E-state index < -0.39 is 18.3 Å². The van der Waals surface area contributed by atoms with Crippen molar-refractivity contribution in [3.05, 3.63) is 59.9 Å². The molecule has 2 heterocycles. The highest BCUT2D eigenvalue weighted by molar-refractivity contribution is 5.76. The molecule has 0 radical (unpaired) electrons. The van der Waals surface area contributed by atoms with Crippen LogP contribution in [0.1, 0.15) is 30.9 Å². The predicted octanol–water partition coefficient (Wildman–Crippen LogP) is 5.33. The maximum absolute atomic E-state index is 13.7. The van der Waals surface area contributed by atoms with Crippen LogP contribution in [0, 0.1) is 0 Å². The average molecular weight is 424 g/mol. The van der Waals surface area contributed by atoms with Crippen molar-refractivity contribution in [1.29, 1.82) is 0 Å². The largest absolute Gasteiger partial charge is 0.416 e. The molecular formula is C21H21F5N4. The summed E-state index contributed by atoms with van der Waals surface area (Å²) < 4.78 is 67.4. The third-order valence-electron chi connectivity index (χ3n) is 5.59. The number of rotatable bonds is 4. The molecule has 4 nitrogen and oxygen atoms in total. The van der Waals surface area contributed by atoms with E-state index in [0.717, 1.165) is 16.7 Å². The second kappa shape index (κ2) is 7.86. The van der Waals surface area contributed by atoms with Gasteiger partial charge in [0.15, 0.2) is 0 Å². The molecule has 1 atom stereocenters. The molecular weight excluding hydrogens is 403 g/mol. The highest BCUT2D eigenvalue weighted by atomic mass is 19.4. The first kappa shape index (κ1) is 20.6. The van der Waals surface area contributed by atoms with Crippen molar-refractivity contribution in [2.24, 2.45) is 0 Å². The van der Waals surface area contributed by atoms with Crippen LogP contribution in [0.15, 0.2) is 48.5 Å². The van der Waals surface area contributed by atoms with Gasteiger partial charge >= 0.3 is 12.7 Å². The molecule has 0 bridgehead atoms. The Morgan fingerprint density at radius 2 is 1.63 bits per heavy atom. The van der Waals surface area contributed by atoms with E-state index in [1.165, 1.54) is 6.07 Å². The maximum Gasteiger partial charge on any atom is 0.416 e. The summed E-state index contributed by atoms with van der Waals surface area (Å²) in [4.78, 5) is 8.34. The van der Waals surface area contributed by atoms with Gasteiger partial charge in [-0.3, -0.25) is 9.47 Å². The van der Waals surface area contributed by atoms with Crippen LogP contribution < -0.4 is 4.90 Å². The quantitative estimate of drug-likeness (QED) is 0.529. The van der Waals surface area contributed by atoms with Gasteiger partial charge < -0.3 is 4.90 Å². The summed E-state index contributed by atoms with van der Waals surface area (Å²) in [6.07, 6.45) is -4.39. The molecule has 1 aliphatic heterocycles. The van der Waals surface area contributed by atoms with Gasteiger partial charge in [0.25, 0.3) is 0 Å². The number of aromatic nitrogens is 2. The van der Waals surface area contributed by atoms with E-state index in [1.54, 1.807) is 30.3 Å². The molecule has 1 saturated heterocycles. The van der Waals surface area contributed by atoms with Gasteiger partial charge in [-0.2, -0.15) is 22.0 Å². The van der Waals surface area contributed by atoms with Crippen molar-refractivity contribution in [3.63, 3.8) is 0 Å². The first-order valence-electron chi connectivity index (χ1n) is 9.67. The first-order valence-corrected chi connectivity index (χ1v) is 9.67. The zero-order valence-electron chi connectivity index (χ0n) is 16.3. The standard InChI is InChI=1S/C21H21F5N4/c1-14(19-27-17-7-2-3-8-18(17)30(19)20(22)23)28-9-11-29(12-10-28)16-6-4-5-15(13-16)21(24,25)26/h2-8,13-14,20H,9-12H2,1H3. The van der Waals surface area contributed by atoms with Gasteiger partial charge in [0.2, 0.25) is 0 Å². The molecule has 0 spiro atoms. The number of hydrogen-bond acceptors (Lipinski definition) is 3. The lowest BCUT2D eigenvalue weighted by molar-refractivity contribution is -0.137. The van der Waals surface area contributed by atoms with E-state index >= 15 is 0 Å². The molecule has 160 valence electrons. The van der Waals surface area contributed by atoms with Crippen LogP contribution >= 0.6 is 0 Å². The molecule has 30 heavy (non-hydrogen) atoms. The van der Waals surface area contributed by atoms with Gasteiger partial charge in [-0.05, 0) is 37.3 Å². The molecule has 9 heteroatoms. The number of halogens is 5. The third-order valence-corrected chi connectivity index (χ3v) is 5.59. The van der Waals surface area contributed by atoms with E-state index in [9.17, 15) is 22.0 Å². The Bertz CT molecular complexity index is 1020. The SMILES string of the molecule is CC(c1nc2ccccc2n1C(F)F)N1CCN(c2cccc(C(F)(F)F)c2)CC1. The summed E-state index contributed by atoms with van der Waals surface area (Å²) in [7, 11) is 0. The number of hydrogen-bond donors (Lipinski definition) is 0. The van der Waals surface area contributed by atoms with E-state index in [0.29, 0.717) is 48.7 Å². The van der Waals surface area contributed by atoms with Gasteiger partial charge in [-0.1, -0.05) is 18.2 Å². The molecule has 1 aliphatic rings. The van der Waals surface area contributed by atoms with Crippen LogP contribution in [0.4, 0.5) is 27.6 Å². The summed E-state index contributed by atoms with van der Waals surface area (Å²) >= 11 is 0. The number of alkyl halides is 5. The Balaban J connectivity index is 1.51. The van der Waals surface area contributed by atoms with Crippen molar-refractivity contribution < 1.29 is 22.0 Å². The van der Waals surface area contributed by atoms with Crippen molar-refractivity contribution in [3.8, 4) is 0 Å². The Labute approximate surface area is 170 Å². The topological polar surface area (TPSA) is 24.3 Å². The molecule has 0 N–H and O–H groups in total. The molecule has 0 saturated carbocycles. The van der Waals surface area contributed by atoms with Crippen LogP contribution in [-0.2, 0) is 6.18 Å². The molecule has 2 aromatic carbocycles. The minimum atomic E-state index is -4.39. The maximum atomic E-state index is 13.7. The van der Waals surface area contributed by atoms with Crippen molar-refractivity contribution in [2.45, 2.75) is 25.7 Å². The number of nitrogens with zero attached hydrogens (tertiary/aromatic N) is 4. The second-order valence-corrected chi connectivity index (χ2v) is 7.35. The summed E-state index contributed by atoms with van der Waals surface area (Å²) in [6, 6.07) is 11.7. The second-order valence-electron chi connectivity index (χ2n) is 7.35. The molecule has 3 aromatic rings. The molecule has 1 unspecified atom stereocenters. The monoisotopic (exact) mass is 424 g/mol. The van der Waals surface area contributed by atoms with Crippen molar-refractivity contribution in [2.75, 3.05) is 31.1 Å². The molecule has 0 amide bonds. The van der Waals surface area contributed by atoms with E-state index in [-0.39, 0.29) is 6.04 Å². The lowest BCUT2D eigenvalue weighted by Crippen LogP contribution is -2.47. The Morgan fingerprint density at radius 1 is 0.933 bits per heavy atom. The van der Waals surface area contributed by atoms with Gasteiger partial charge in [0.1, 0.15) is 5.82 Å². The normalized spacial score (nSPS) is 17.1. The highest BCUT2D eigenvalue weighted by Crippen LogP contribution is 2.33. The Kier molecular flexibility index (Phi) is 5.40. The number of para-hydroxylation sites is 2. The smallest absolute Gasteiger partial charge is 0.369 e. The molecule has 0 aliphatic carbocycles. The van der Waals surface area contributed by atoms with Crippen LogP contribution in [0.2, 0.25) is 0 Å². The third kappa shape index (κ3) is 3.86. The lowest BCUT2D eigenvalue weighted by atomic mass is 10.1. The fourth-order valence-electron chi connectivity index (χ4n) is 3.97. The van der Waals surface area contributed by atoms with Crippen LogP contribution in [0.3, 0.4) is 0 Å². The molecule has 4 rings (SSSR count). The summed E-state index contributed by atoms with van der Waals surface area (Å²) in [5.41, 5.74) is 0.734. The van der Waals surface area contributed by atoms with E-state index in [1.807, 2.05) is 16.7 Å². The number of imidazole rings is 1. The van der Waals surface area contributed by atoms with Crippen molar-refractivity contribution >= 4 is 16.7 Å². The zero-order chi connectivity index (χ0) is 21.5. The van der Waals surface area contributed by atoms with Gasteiger partial charge in [-0.15, -0.1) is 0 Å². The highest BCUT2D eigenvalue weighted by Gasteiger charge is 2.32. The number of anilines is 1. The average Bonchev–Trinajstić information content (AvgIpc) is 3.13. The molecule has 1 fully saturated rings. The minimum absolute atomic E-state index is 0.290. The summed E-state index contributed by atoms with van der Waals surface area (Å²) in [6.45, 7) is 1.19. The minimum Gasteiger partial charge on any atom is -0.369 e. The first-order chi connectivity index (χ1) is 14.3. The Morgan fingerprint density at radius 3 is 2.30 bits per heavy atom. The number of fused-ring (bicyclic) bond motifs is 1. The van der Waals surface area contributed by atoms with Crippen LogP contribution in [-0.4, -0.2) is 40.6 Å². The van der Waals surface area contributed by atoms with Gasteiger partial charge in [-0.25, -0.2) is 4.98 Å². The number of piperazine rings is 1. The fraction of sp³-hybridized carbons (Fsp3) is 0.381. The lowest BCUT2D eigenvalue weighted by Gasteiger charge is -2.39. The van der Waals surface area contributed by atoms with Gasteiger partial charge in [0, 0.05) is 31.9 Å². The Hall–Kier alpha value is -2.68. The summed E-state index contributed by atoms with van der Waals surface area (Å²) in [5.74, 6) is 0.290. The van der Waals surface area contributed by atoms with E-state index in [4.69, 9.17) is 0 Å². The predicted molar refractivity (Wildman–Crippen MR) is 105 cm³/mol. The number of benzene rings is 2. The van der Waals surface area contributed by atoms with Crippen molar-refractivity contribution in [1.82, 2.24) is 14.5 Å². The zero-order valence-corrected chi connectivity index (χ0v) is 16.3. The molecule has 1 aromatic heterocycles.